The van der Waals surface area contributed by atoms with Crippen LogP contribution < -0.4 is 5.32 Å². The average molecular weight is 343 g/mol. The highest BCUT2D eigenvalue weighted by Gasteiger charge is 2.32. The van der Waals surface area contributed by atoms with Gasteiger partial charge in [0.15, 0.2) is 5.79 Å². The molecule has 0 unspecified atom stereocenters. The van der Waals surface area contributed by atoms with Gasteiger partial charge in [0.05, 0.1) is 25.3 Å². The van der Waals surface area contributed by atoms with E-state index in [-0.39, 0.29) is 11.8 Å². The molecule has 25 heavy (non-hydrogen) atoms. The van der Waals surface area contributed by atoms with Crippen LogP contribution in [0.3, 0.4) is 0 Å². The second-order valence-electron chi connectivity index (χ2n) is 6.74. The standard InChI is InChI=1S/C19H25N3O3/c1-15(13-19(2)24-10-11-25-19)14-20-18(23)12-16-4-6-17(7-5-16)22-9-3-8-21-22/h3-9,15H,10-14H2,1-2H3,(H,20,23)/t15-/m1/s1. The van der Waals surface area contributed by atoms with E-state index in [0.29, 0.717) is 26.2 Å². The van der Waals surface area contributed by atoms with Crippen molar-refractivity contribution in [1.29, 1.82) is 0 Å². The van der Waals surface area contributed by atoms with Gasteiger partial charge in [-0.15, -0.1) is 0 Å². The third kappa shape index (κ3) is 4.90. The summed E-state index contributed by atoms with van der Waals surface area (Å²) in [6.07, 6.45) is 4.77. The molecule has 1 saturated heterocycles. The SMILES string of the molecule is C[C@@H](CNC(=O)Cc1ccc(-n2cccn2)cc1)CC1(C)OCCO1. The van der Waals surface area contributed by atoms with E-state index >= 15 is 0 Å². The van der Waals surface area contributed by atoms with Crippen LogP contribution >= 0.6 is 0 Å². The lowest BCUT2D eigenvalue weighted by Crippen LogP contribution is -2.35. The molecule has 6 heteroatoms. The molecule has 3 rings (SSSR count). The van der Waals surface area contributed by atoms with Crippen molar-refractivity contribution >= 4 is 5.91 Å². The van der Waals surface area contributed by atoms with Gasteiger partial charge in [-0.1, -0.05) is 19.1 Å². The number of hydrogen-bond acceptors (Lipinski definition) is 4. The smallest absolute Gasteiger partial charge is 0.224 e. The van der Waals surface area contributed by atoms with E-state index in [1.807, 2.05) is 43.5 Å². The highest BCUT2D eigenvalue weighted by Crippen LogP contribution is 2.26. The van der Waals surface area contributed by atoms with Gasteiger partial charge >= 0.3 is 0 Å². The van der Waals surface area contributed by atoms with Gasteiger partial charge in [-0.25, -0.2) is 4.68 Å². The van der Waals surface area contributed by atoms with Crippen molar-refractivity contribution in [3.63, 3.8) is 0 Å². The largest absolute Gasteiger partial charge is 0.356 e. The Bertz CT molecular complexity index is 676. The molecule has 1 fully saturated rings. The molecule has 1 aromatic heterocycles. The molecular weight excluding hydrogens is 318 g/mol. The molecule has 1 N–H and O–H groups in total. The Balaban J connectivity index is 1.44. The van der Waals surface area contributed by atoms with Gasteiger partial charge in [0.2, 0.25) is 5.91 Å². The number of ether oxygens (including phenoxy) is 2. The lowest BCUT2D eigenvalue weighted by atomic mass is 10.0. The summed E-state index contributed by atoms with van der Waals surface area (Å²) < 4.78 is 13.0. The number of nitrogens with one attached hydrogen (secondary N) is 1. The summed E-state index contributed by atoms with van der Waals surface area (Å²) in [4.78, 5) is 12.2. The van der Waals surface area contributed by atoms with Gasteiger partial charge in [0.1, 0.15) is 0 Å². The molecule has 0 aliphatic carbocycles. The fourth-order valence-corrected chi connectivity index (χ4v) is 3.10. The van der Waals surface area contributed by atoms with Crippen LogP contribution in [0.25, 0.3) is 5.69 Å². The predicted octanol–water partition coefficient (Wildman–Crippen LogP) is 2.32. The Hall–Kier alpha value is -2.18. The maximum absolute atomic E-state index is 12.2. The van der Waals surface area contributed by atoms with Gasteiger partial charge in [-0.05, 0) is 36.6 Å². The van der Waals surface area contributed by atoms with Crippen LogP contribution in [0.4, 0.5) is 0 Å². The Labute approximate surface area is 148 Å². The third-order valence-electron chi connectivity index (χ3n) is 4.34. The highest BCUT2D eigenvalue weighted by molar-refractivity contribution is 5.78. The predicted molar refractivity (Wildman–Crippen MR) is 94.4 cm³/mol. The van der Waals surface area contributed by atoms with Crippen molar-refractivity contribution in [2.24, 2.45) is 5.92 Å². The van der Waals surface area contributed by atoms with Gasteiger partial charge in [0.25, 0.3) is 0 Å². The summed E-state index contributed by atoms with van der Waals surface area (Å²) in [7, 11) is 0. The number of carbonyl (C=O) groups excluding carboxylic acids is 1. The zero-order valence-electron chi connectivity index (χ0n) is 14.8. The van der Waals surface area contributed by atoms with E-state index < -0.39 is 5.79 Å². The van der Waals surface area contributed by atoms with Crippen molar-refractivity contribution in [3.05, 3.63) is 48.3 Å². The van der Waals surface area contributed by atoms with Crippen LogP contribution in [0, 0.1) is 5.92 Å². The number of nitrogens with zero attached hydrogens (tertiary/aromatic N) is 2. The first kappa shape index (κ1) is 17.6. The highest BCUT2D eigenvalue weighted by atomic mass is 16.7. The van der Waals surface area contributed by atoms with E-state index in [9.17, 15) is 4.79 Å². The van der Waals surface area contributed by atoms with Crippen molar-refractivity contribution in [3.8, 4) is 5.69 Å². The van der Waals surface area contributed by atoms with Crippen molar-refractivity contribution in [2.75, 3.05) is 19.8 Å². The first-order valence-corrected chi connectivity index (χ1v) is 8.68. The number of benzene rings is 1. The minimum Gasteiger partial charge on any atom is -0.356 e. The molecular formula is C19H25N3O3. The number of amides is 1. The molecule has 0 bridgehead atoms. The molecule has 0 spiro atoms. The van der Waals surface area contributed by atoms with Crippen LogP contribution in [0.5, 0.6) is 0 Å². The molecule has 1 aliphatic rings. The lowest BCUT2D eigenvalue weighted by Gasteiger charge is -2.26. The summed E-state index contributed by atoms with van der Waals surface area (Å²) in [6, 6.07) is 9.73. The van der Waals surface area contributed by atoms with Gasteiger partial charge in [-0.2, -0.15) is 5.10 Å². The molecule has 1 atom stereocenters. The quantitative estimate of drug-likeness (QED) is 0.838. The normalized spacial score (nSPS) is 17.4. The first-order valence-electron chi connectivity index (χ1n) is 8.68. The molecule has 1 aliphatic heterocycles. The average Bonchev–Trinajstić information content (AvgIpc) is 3.26. The summed E-state index contributed by atoms with van der Waals surface area (Å²) in [5.41, 5.74) is 1.96. The fraction of sp³-hybridized carbons (Fsp3) is 0.474. The minimum atomic E-state index is -0.507. The molecule has 1 aromatic carbocycles. The first-order chi connectivity index (χ1) is 12.0. The maximum atomic E-state index is 12.2. The Morgan fingerprint density at radius 1 is 1.32 bits per heavy atom. The zero-order valence-corrected chi connectivity index (χ0v) is 14.8. The van der Waals surface area contributed by atoms with Gasteiger partial charge < -0.3 is 14.8 Å². The number of hydrogen-bond donors (Lipinski definition) is 1. The van der Waals surface area contributed by atoms with E-state index in [1.54, 1.807) is 10.9 Å². The monoisotopic (exact) mass is 343 g/mol. The number of aromatic nitrogens is 2. The zero-order chi connectivity index (χ0) is 17.7. The molecule has 6 nitrogen and oxygen atoms in total. The molecule has 0 radical (unpaired) electrons. The third-order valence-corrected chi connectivity index (χ3v) is 4.34. The topological polar surface area (TPSA) is 65.4 Å². The summed E-state index contributed by atoms with van der Waals surface area (Å²) in [5, 5.41) is 7.19. The number of carbonyl (C=O) groups is 1. The molecule has 1 amide bonds. The Morgan fingerprint density at radius 2 is 2.04 bits per heavy atom. The lowest BCUT2D eigenvalue weighted by molar-refractivity contribution is -0.154. The maximum Gasteiger partial charge on any atom is 0.224 e. The summed E-state index contributed by atoms with van der Waals surface area (Å²) in [5.74, 6) is -0.196. The van der Waals surface area contributed by atoms with Crippen LogP contribution in [-0.2, 0) is 20.7 Å². The summed E-state index contributed by atoms with van der Waals surface area (Å²) in [6.45, 7) is 5.95. The minimum absolute atomic E-state index is 0.0251. The van der Waals surface area contributed by atoms with Gasteiger partial charge in [-0.3, -0.25) is 4.79 Å². The second kappa shape index (κ2) is 7.80. The second-order valence-corrected chi connectivity index (χ2v) is 6.74. The van der Waals surface area contributed by atoms with Crippen LogP contribution in [0.1, 0.15) is 25.8 Å². The molecule has 134 valence electrons. The Kier molecular flexibility index (Phi) is 5.50. The van der Waals surface area contributed by atoms with Crippen molar-refractivity contribution in [1.82, 2.24) is 15.1 Å². The van der Waals surface area contributed by atoms with E-state index in [4.69, 9.17) is 9.47 Å². The van der Waals surface area contributed by atoms with Crippen molar-refractivity contribution in [2.45, 2.75) is 32.5 Å². The van der Waals surface area contributed by atoms with E-state index in [2.05, 4.69) is 17.3 Å². The van der Waals surface area contributed by atoms with Crippen molar-refractivity contribution < 1.29 is 14.3 Å². The van der Waals surface area contributed by atoms with E-state index in [1.165, 1.54) is 0 Å². The summed E-state index contributed by atoms with van der Waals surface area (Å²) >= 11 is 0. The van der Waals surface area contributed by atoms with E-state index in [0.717, 1.165) is 17.7 Å². The fourth-order valence-electron chi connectivity index (χ4n) is 3.10. The van der Waals surface area contributed by atoms with Crippen LogP contribution in [0.2, 0.25) is 0 Å². The van der Waals surface area contributed by atoms with Crippen LogP contribution in [-0.4, -0.2) is 41.2 Å². The Morgan fingerprint density at radius 3 is 2.68 bits per heavy atom. The molecule has 0 saturated carbocycles. The van der Waals surface area contributed by atoms with Gasteiger partial charge in [0, 0.05) is 25.4 Å². The molecule has 2 aromatic rings. The number of rotatable bonds is 7. The molecule has 2 heterocycles. The van der Waals surface area contributed by atoms with Crippen LogP contribution in [0.15, 0.2) is 42.7 Å².